The van der Waals surface area contributed by atoms with Crippen LogP contribution in [-0.4, -0.2) is 33.5 Å². The third-order valence-electron chi connectivity index (χ3n) is 4.66. The fourth-order valence-corrected chi connectivity index (χ4v) is 4.25. The Balaban J connectivity index is 1.71. The number of hydrogen-bond acceptors (Lipinski definition) is 4. The van der Waals surface area contributed by atoms with Gasteiger partial charge in [-0.05, 0) is 42.6 Å². The second-order valence-electron chi connectivity index (χ2n) is 5.75. The van der Waals surface area contributed by atoms with Crippen LogP contribution in [0, 0.1) is 11.8 Å². The van der Waals surface area contributed by atoms with Gasteiger partial charge in [0, 0.05) is 13.1 Å². The van der Waals surface area contributed by atoms with Crippen molar-refractivity contribution in [2.45, 2.75) is 45.4 Å². The minimum atomic E-state index is 0.163. The quantitative estimate of drug-likeness (QED) is 0.836. The number of rotatable bonds is 2. The minimum absolute atomic E-state index is 0.163. The van der Waals surface area contributed by atoms with Crippen LogP contribution in [0.25, 0.3) is 0 Å². The van der Waals surface area contributed by atoms with Gasteiger partial charge in [0.2, 0.25) is 0 Å². The Morgan fingerprint density at radius 2 is 2.11 bits per heavy atom. The molecule has 3 rings (SSSR count). The van der Waals surface area contributed by atoms with Gasteiger partial charge in [-0.2, -0.15) is 0 Å². The molecule has 0 bridgehead atoms. The van der Waals surface area contributed by atoms with E-state index in [1.165, 1.54) is 43.6 Å². The molecule has 5 heteroatoms. The number of carbonyl (C=O) groups is 1. The highest BCUT2D eigenvalue weighted by Crippen LogP contribution is 2.36. The number of nitrogens with zero attached hydrogens (tertiary/aromatic N) is 3. The number of aromatic nitrogens is 2. The van der Waals surface area contributed by atoms with Crippen LogP contribution in [0.4, 0.5) is 0 Å². The summed E-state index contributed by atoms with van der Waals surface area (Å²) < 4.78 is 3.93. The molecule has 2 aliphatic rings. The zero-order chi connectivity index (χ0) is 13.2. The maximum atomic E-state index is 12.6. The maximum Gasteiger partial charge on any atom is 0.267 e. The lowest BCUT2D eigenvalue weighted by Crippen LogP contribution is -2.44. The Labute approximate surface area is 118 Å². The van der Waals surface area contributed by atoms with Crippen molar-refractivity contribution in [1.29, 1.82) is 0 Å². The third kappa shape index (κ3) is 2.53. The lowest BCUT2D eigenvalue weighted by molar-refractivity contribution is 0.0524. The van der Waals surface area contributed by atoms with Crippen molar-refractivity contribution in [3.05, 3.63) is 10.6 Å². The molecule has 4 nitrogen and oxygen atoms in total. The molecule has 1 aliphatic heterocycles. The molecule has 1 saturated heterocycles. The molecule has 0 unspecified atom stereocenters. The lowest BCUT2D eigenvalue weighted by Gasteiger charge is -2.41. The molecule has 2 atom stereocenters. The summed E-state index contributed by atoms with van der Waals surface area (Å²) >= 11 is 1.25. The van der Waals surface area contributed by atoms with Crippen LogP contribution in [0.2, 0.25) is 0 Å². The van der Waals surface area contributed by atoms with Gasteiger partial charge in [0.05, 0.1) is 5.69 Å². The van der Waals surface area contributed by atoms with E-state index in [9.17, 15) is 4.79 Å². The van der Waals surface area contributed by atoms with Gasteiger partial charge in [-0.15, -0.1) is 5.10 Å². The van der Waals surface area contributed by atoms with Crippen molar-refractivity contribution in [2.24, 2.45) is 11.8 Å². The highest BCUT2D eigenvalue weighted by Gasteiger charge is 2.34. The van der Waals surface area contributed by atoms with E-state index in [-0.39, 0.29) is 5.91 Å². The second kappa shape index (κ2) is 5.57. The first-order chi connectivity index (χ1) is 9.29. The van der Waals surface area contributed by atoms with E-state index >= 15 is 0 Å². The summed E-state index contributed by atoms with van der Waals surface area (Å²) in [5.41, 5.74) is 0.862. The standard InChI is InChI=1S/C14H21N3OS/c1-2-12-13(19-16-15-12)14(18)17-8-7-10-5-3-4-6-11(10)9-17/h10-11H,2-9H2,1H3/t10-,11-/m1/s1. The summed E-state index contributed by atoms with van der Waals surface area (Å²) in [6, 6.07) is 0. The molecule has 0 N–H and O–H groups in total. The number of amides is 1. The van der Waals surface area contributed by atoms with E-state index in [1.807, 2.05) is 11.8 Å². The number of piperidine rings is 1. The SMILES string of the molecule is CCc1nnsc1C(=O)N1CC[C@H]2CCCC[C@@H]2C1. The molecule has 1 aliphatic carbocycles. The normalized spacial score (nSPS) is 27.1. The largest absolute Gasteiger partial charge is 0.338 e. The molecule has 19 heavy (non-hydrogen) atoms. The van der Waals surface area contributed by atoms with Crippen LogP contribution in [0.15, 0.2) is 0 Å². The average molecular weight is 279 g/mol. The molecule has 1 saturated carbocycles. The Hall–Kier alpha value is -0.970. The molecular weight excluding hydrogens is 258 g/mol. The van der Waals surface area contributed by atoms with Gasteiger partial charge in [-0.25, -0.2) is 0 Å². The number of fused-ring (bicyclic) bond motifs is 1. The molecular formula is C14H21N3OS. The van der Waals surface area contributed by atoms with E-state index in [1.54, 1.807) is 0 Å². The molecule has 0 radical (unpaired) electrons. The number of hydrogen-bond donors (Lipinski definition) is 0. The summed E-state index contributed by atoms with van der Waals surface area (Å²) in [6.45, 7) is 3.90. The monoisotopic (exact) mass is 279 g/mol. The van der Waals surface area contributed by atoms with Gasteiger partial charge in [-0.3, -0.25) is 4.79 Å². The molecule has 2 fully saturated rings. The minimum Gasteiger partial charge on any atom is -0.338 e. The van der Waals surface area contributed by atoms with Gasteiger partial charge in [0.15, 0.2) is 0 Å². The van der Waals surface area contributed by atoms with Gasteiger partial charge in [0.1, 0.15) is 4.88 Å². The maximum absolute atomic E-state index is 12.6. The van der Waals surface area contributed by atoms with Crippen molar-refractivity contribution in [1.82, 2.24) is 14.5 Å². The molecule has 1 aromatic rings. The van der Waals surface area contributed by atoms with E-state index in [0.29, 0.717) is 0 Å². The molecule has 0 aromatic carbocycles. The highest BCUT2D eigenvalue weighted by molar-refractivity contribution is 7.08. The Bertz CT molecular complexity index is 459. The van der Waals surface area contributed by atoms with Crippen molar-refractivity contribution in [3.63, 3.8) is 0 Å². The van der Waals surface area contributed by atoms with E-state index in [4.69, 9.17) is 0 Å². The Kier molecular flexibility index (Phi) is 3.82. The van der Waals surface area contributed by atoms with Crippen molar-refractivity contribution >= 4 is 17.4 Å². The zero-order valence-electron chi connectivity index (χ0n) is 11.5. The van der Waals surface area contributed by atoms with Gasteiger partial charge in [-0.1, -0.05) is 30.7 Å². The van der Waals surface area contributed by atoms with Crippen LogP contribution < -0.4 is 0 Å². The Morgan fingerprint density at radius 3 is 2.89 bits per heavy atom. The Morgan fingerprint density at radius 1 is 1.32 bits per heavy atom. The smallest absolute Gasteiger partial charge is 0.267 e. The number of carbonyl (C=O) groups excluding carboxylic acids is 1. The van der Waals surface area contributed by atoms with E-state index in [2.05, 4.69) is 9.59 Å². The van der Waals surface area contributed by atoms with Gasteiger partial charge < -0.3 is 4.90 Å². The highest BCUT2D eigenvalue weighted by atomic mass is 32.1. The van der Waals surface area contributed by atoms with Crippen molar-refractivity contribution < 1.29 is 4.79 Å². The van der Waals surface area contributed by atoms with Crippen LogP contribution >= 0.6 is 11.5 Å². The van der Waals surface area contributed by atoms with Crippen LogP contribution in [0.3, 0.4) is 0 Å². The summed E-state index contributed by atoms with van der Waals surface area (Å²) in [5, 5.41) is 4.05. The summed E-state index contributed by atoms with van der Waals surface area (Å²) in [5.74, 6) is 1.76. The molecule has 2 heterocycles. The van der Waals surface area contributed by atoms with Gasteiger partial charge >= 0.3 is 0 Å². The summed E-state index contributed by atoms with van der Waals surface area (Å²) in [7, 11) is 0. The van der Waals surface area contributed by atoms with Crippen LogP contribution in [0.1, 0.15) is 54.4 Å². The van der Waals surface area contributed by atoms with Crippen molar-refractivity contribution in [3.8, 4) is 0 Å². The third-order valence-corrected chi connectivity index (χ3v) is 5.42. The van der Waals surface area contributed by atoms with Crippen LogP contribution in [0.5, 0.6) is 0 Å². The average Bonchev–Trinajstić information content (AvgIpc) is 2.94. The predicted octanol–water partition coefficient (Wildman–Crippen LogP) is 2.75. The number of aryl methyl sites for hydroxylation is 1. The molecule has 1 amide bonds. The van der Waals surface area contributed by atoms with Crippen molar-refractivity contribution in [2.75, 3.05) is 13.1 Å². The first-order valence-corrected chi connectivity index (χ1v) is 8.17. The van der Waals surface area contributed by atoms with E-state index in [0.717, 1.165) is 41.9 Å². The van der Waals surface area contributed by atoms with E-state index < -0.39 is 0 Å². The molecule has 1 aromatic heterocycles. The lowest BCUT2D eigenvalue weighted by atomic mass is 9.75. The summed E-state index contributed by atoms with van der Waals surface area (Å²) in [4.78, 5) is 15.4. The topological polar surface area (TPSA) is 46.1 Å². The first kappa shape index (κ1) is 13.0. The summed E-state index contributed by atoms with van der Waals surface area (Å²) in [6.07, 6.45) is 7.37. The molecule has 104 valence electrons. The molecule has 0 spiro atoms. The fraction of sp³-hybridized carbons (Fsp3) is 0.786. The first-order valence-electron chi connectivity index (χ1n) is 7.40. The number of likely N-dealkylation sites (tertiary alicyclic amines) is 1. The fourth-order valence-electron chi connectivity index (χ4n) is 3.53. The van der Waals surface area contributed by atoms with Gasteiger partial charge in [0.25, 0.3) is 5.91 Å². The zero-order valence-corrected chi connectivity index (χ0v) is 12.3. The van der Waals surface area contributed by atoms with Crippen LogP contribution in [-0.2, 0) is 6.42 Å². The predicted molar refractivity (Wildman–Crippen MR) is 75.3 cm³/mol. The second-order valence-corrected chi connectivity index (χ2v) is 6.50.